The van der Waals surface area contributed by atoms with Crippen molar-refractivity contribution >= 4 is 16.3 Å². The van der Waals surface area contributed by atoms with E-state index in [9.17, 15) is 10.1 Å². The molecule has 6 heteroatoms. The van der Waals surface area contributed by atoms with E-state index in [1.54, 1.807) is 18.5 Å². The SMILES string of the molecule is O=[N+]([O-])c1ccc(CNCc2cccnc2)s1. The first-order valence-electron chi connectivity index (χ1n) is 5.08. The lowest BCUT2D eigenvalue weighted by molar-refractivity contribution is -0.380. The number of hydrogen-bond donors (Lipinski definition) is 1. The molecule has 0 saturated heterocycles. The lowest BCUT2D eigenvalue weighted by Crippen LogP contribution is -2.11. The maximum absolute atomic E-state index is 10.5. The molecule has 2 heterocycles. The highest BCUT2D eigenvalue weighted by Crippen LogP contribution is 2.23. The summed E-state index contributed by atoms with van der Waals surface area (Å²) in [4.78, 5) is 15.1. The maximum Gasteiger partial charge on any atom is 0.324 e. The van der Waals surface area contributed by atoms with Crippen molar-refractivity contribution in [2.45, 2.75) is 13.1 Å². The first kappa shape index (κ1) is 11.7. The van der Waals surface area contributed by atoms with Gasteiger partial charge in [0, 0.05) is 36.4 Å². The van der Waals surface area contributed by atoms with Gasteiger partial charge in [-0.25, -0.2) is 0 Å². The third-order valence-electron chi connectivity index (χ3n) is 2.18. The molecule has 0 aliphatic heterocycles. The third kappa shape index (κ3) is 3.33. The van der Waals surface area contributed by atoms with Gasteiger partial charge in [0.15, 0.2) is 0 Å². The summed E-state index contributed by atoms with van der Waals surface area (Å²) in [5.41, 5.74) is 1.10. The number of nitro groups is 1. The number of aromatic nitrogens is 1. The fraction of sp³-hybridized carbons (Fsp3) is 0.182. The molecule has 0 amide bonds. The van der Waals surface area contributed by atoms with E-state index < -0.39 is 0 Å². The Balaban J connectivity index is 1.84. The smallest absolute Gasteiger partial charge is 0.308 e. The lowest BCUT2D eigenvalue weighted by Gasteiger charge is -2.01. The van der Waals surface area contributed by atoms with Crippen LogP contribution in [0.1, 0.15) is 10.4 Å². The van der Waals surface area contributed by atoms with Crippen LogP contribution in [-0.2, 0) is 13.1 Å². The molecule has 0 aromatic carbocycles. The van der Waals surface area contributed by atoms with E-state index in [1.165, 1.54) is 17.4 Å². The van der Waals surface area contributed by atoms with Crippen LogP contribution in [0.2, 0.25) is 0 Å². The van der Waals surface area contributed by atoms with E-state index in [0.29, 0.717) is 13.1 Å². The Morgan fingerprint density at radius 3 is 2.88 bits per heavy atom. The Kier molecular flexibility index (Phi) is 3.79. The molecule has 0 aliphatic carbocycles. The Hall–Kier alpha value is -1.79. The van der Waals surface area contributed by atoms with Crippen LogP contribution in [-0.4, -0.2) is 9.91 Å². The summed E-state index contributed by atoms with van der Waals surface area (Å²) in [6.07, 6.45) is 3.52. The zero-order valence-corrected chi connectivity index (χ0v) is 9.81. The molecule has 0 bridgehead atoms. The Labute approximate surface area is 102 Å². The summed E-state index contributed by atoms with van der Waals surface area (Å²) in [7, 11) is 0. The predicted octanol–water partition coefficient (Wildman–Crippen LogP) is 2.34. The number of thiophene rings is 1. The molecule has 0 atom stereocenters. The van der Waals surface area contributed by atoms with Gasteiger partial charge in [-0.3, -0.25) is 15.1 Å². The topological polar surface area (TPSA) is 68.1 Å². The second kappa shape index (κ2) is 5.51. The zero-order valence-electron chi connectivity index (χ0n) is 9.00. The van der Waals surface area contributed by atoms with Crippen molar-refractivity contribution < 1.29 is 4.92 Å². The molecule has 0 unspecified atom stereocenters. The Morgan fingerprint density at radius 2 is 2.24 bits per heavy atom. The van der Waals surface area contributed by atoms with Crippen LogP contribution in [0.4, 0.5) is 5.00 Å². The Morgan fingerprint density at radius 1 is 1.35 bits per heavy atom. The minimum atomic E-state index is -0.366. The van der Waals surface area contributed by atoms with Gasteiger partial charge in [-0.05, 0) is 17.7 Å². The van der Waals surface area contributed by atoms with Crippen LogP contribution in [0, 0.1) is 10.1 Å². The highest BCUT2D eigenvalue weighted by molar-refractivity contribution is 7.15. The van der Waals surface area contributed by atoms with Gasteiger partial charge in [0.25, 0.3) is 0 Å². The molecule has 0 spiro atoms. The number of nitrogens with zero attached hydrogens (tertiary/aromatic N) is 2. The summed E-state index contributed by atoms with van der Waals surface area (Å²) >= 11 is 1.20. The van der Waals surface area contributed by atoms with Gasteiger partial charge >= 0.3 is 5.00 Å². The van der Waals surface area contributed by atoms with Gasteiger partial charge in [-0.2, -0.15) is 0 Å². The van der Waals surface area contributed by atoms with Crippen LogP contribution in [0.3, 0.4) is 0 Å². The second-order valence-electron chi connectivity index (χ2n) is 3.46. The molecular formula is C11H11N3O2S. The summed E-state index contributed by atoms with van der Waals surface area (Å²) in [5, 5.41) is 13.9. The molecule has 0 radical (unpaired) electrons. The summed E-state index contributed by atoms with van der Waals surface area (Å²) in [6.45, 7) is 1.34. The molecule has 0 aliphatic rings. The van der Waals surface area contributed by atoms with Crippen molar-refractivity contribution in [3.63, 3.8) is 0 Å². The normalized spacial score (nSPS) is 10.4. The fourth-order valence-electron chi connectivity index (χ4n) is 1.39. The van der Waals surface area contributed by atoms with E-state index in [0.717, 1.165) is 10.4 Å². The first-order valence-corrected chi connectivity index (χ1v) is 5.90. The van der Waals surface area contributed by atoms with Crippen LogP contribution < -0.4 is 5.32 Å². The summed E-state index contributed by atoms with van der Waals surface area (Å²) in [6, 6.07) is 7.18. The summed E-state index contributed by atoms with van der Waals surface area (Å²) < 4.78 is 0. The fourth-order valence-corrected chi connectivity index (χ4v) is 2.18. The molecule has 0 fully saturated rings. The molecule has 1 N–H and O–H groups in total. The van der Waals surface area contributed by atoms with Gasteiger partial charge in [0.1, 0.15) is 0 Å². The minimum Gasteiger partial charge on any atom is -0.308 e. The van der Waals surface area contributed by atoms with E-state index >= 15 is 0 Å². The highest BCUT2D eigenvalue weighted by Gasteiger charge is 2.08. The predicted molar refractivity (Wildman–Crippen MR) is 65.8 cm³/mol. The van der Waals surface area contributed by atoms with Crippen LogP contribution in [0.15, 0.2) is 36.7 Å². The minimum absolute atomic E-state index is 0.183. The van der Waals surface area contributed by atoms with Crippen molar-refractivity contribution in [3.8, 4) is 0 Å². The van der Waals surface area contributed by atoms with E-state index in [-0.39, 0.29) is 9.92 Å². The number of rotatable bonds is 5. The summed E-state index contributed by atoms with van der Waals surface area (Å²) in [5.74, 6) is 0. The van der Waals surface area contributed by atoms with Crippen molar-refractivity contribution in [1.82, 2.24) is 10.3 Å². The average Bonchev–Trinajstić information content (AvgIpc) is 2.79. The first-order chi connectivity index (χ1) is 8.25. The van der Waals surface area contributed by atoms with E-state index in [4.69, 9.17) is 0 Å². The van der Waals surface area contributed by atoms with Gasteiger partial charge in [0.2, 0.25) is 0 Å². The van der Waals surface area contributed by atoms with Crippen molar-refractivity contribution in [3.05, 3.63) is 57.2 Å². The van der Waals surface area contributed by atoms with Crippen LogP contribution in [0.5, 0.6) is 0 Å². The van der Waals surface area contributed by atoms with Crippen LogP contribution >= 0.6 is 11.3 Å². The average molecular weight is 249 g/mol. The lowest BCUT2D eigenvalue weighted by atomic mass is 10.3. The van der Waals surface area contributed by atoms with Crippen molar-refractivity contribution in [2.24, 2.45) is 0 Å². The molecule has 2 rings (SSSR count). The van der Waals surface area contributed by atoms with Crippen molar-refractivity contribution in [2.75, 3.05) is 0 Å². The molecule has 0 saturated carbocycles. The van der Waals surface area contributed by atoms with E-state index in [1.807, 2.05) is 12.1 Å². The number of hydrogen-bond acceptors (Lipinski definition) is 5. The molecule has 2 aromatic heterocycles. The zero-order chi connectivity index (χ0) is 12.1. The van der Waals surface area contributed by atoms with Gasteiger partial charge in [0.05, 0.1) is 4.92 Å². The monoisotopic (exact) mass is 249 g/mol. The number of nitrogens with one attached hydrogen (secondary N) is 1. The molecule has 17 heavy (non-hydrogen) atoms. The van der Waals surface area contributed by atoms with Gasteiger partial charge in [-0.15, -0.1) is 0 Å². The van der Waals surface area contributed by atoms with Gasteiger partial charge < -0.3 is 5.32 Å². The molecule has 5 nitrogen and oxygen atoms in total. The largest absolute Gasteiger partial charge is 0.324 e. The Bertz CT molecular complexity index is 498. The molecular weight excluding hydrogens is 238 g/mol. The maximum atomic E-state index is 10.5. The second-order valence-corrected chi connectivity index (χ2v) is 4.61. The van der Waals surface area contributed by atoms with Gasteiger partial charge in [-0.1, -0.05) is 17.4 Å². The van der Waals surface area contributed by atoms with Crippen LogP contribution in [0.25, 0.3) is 0 Å². The van der Waals surface area contributed by atoms with E-state index in [2.05, 4.69) is 10.3 Å². The number of pyridine rings is 1. The molecule has 88 valence electrons. The quantitative estimate of drug-likeness (QED) is 0.652. The molecule has 2 aromatic rings. The standard InChI is InChI=1S/C11H11N3O2S/c15-14(16)11-4-3-10(17-11)8-13-7-9-2-1-5-12-6-9/h1-6,13H,7-8H2. The highest BCUT2D eigenvalue weighted by atomic mass is 32.1. The third-order valence-corrected chi connectivity index (χ3v) is 3.22. The van der Waals surface area contributed by atoms with Crippen molar-refractivity contribution in [1.29, 1.82) is 0 Å².